The molecule has 0 atom stereocenters. The Bertz CT molecular complexity index is 982. The Labute approximate surface area is 143 Å². The molecule has 0 saturated carbocycles. The van der Waals surface area contributed by atoms with Crippen LogP contribution in [0.5, 0.6) is 5.75 Å². The average Bonchev–Trinajstić information content (AvgIpc) is 3.10. The topological polar surface area (TPSA) is 61.9 Å². The zero-order chi connectivity index (χ0) is 16.5. The Morgan fingerprint density at radius 3 is 2.79 bits per heavy atom. The minimum atomic E-state index is 0.144. The van der Waals surface area contributed by atoms with Crippen LogP contribution in [-0.4, -0.2) is 21.7 Å². The first-order valence-corrected chi connectivity index (χ1v) is 7.83. The summed E-state index contributed by atoms with van der Waals surface area (Å²) in [5.74, 6) is 0.666. The third-order valence-electron chi connectivity index (χ3n) is 3.89. The smallest absolute Gasteiger partial charge is 0.181 e. The van der Waals surface area contributed by atoms with E-state index in [1.165, 1.54) is 6.39 Å². The van der Waals surface area contributed by atoms with Gasteiger partial charge in [-0.3, -0.25) is 4.99 Å². The molecule has 0 fully saturated rings. The molecule has 0 bridgehead atoms. The van der Waals surface area contributed by atoms with E-state index in [0.29, 0.717) is 18.0 Å². The third-order valence-corrected chi connectivity index (χ3v) is 4.14. The van der Waals surface area contributed by atoms with Crippen molar-refractivity contribution in [3.63, 3.8) is 0 Å². The predicted molar refractivity (Wildman–Crippen MR) is 90.7 cm³/mol. The maximum atomic E-state index is 10.3. The largest absolute Gasteiger partial charge is 0.507 e. The second kappa shape index (κ2) is 6.02. The Kier molecular flexibility index (Phi) is 3.70. The van der Waals surface area contributed by atoms with Crippen LogP contribution in [0.25, 0.3) is 17.5 Å². The van der Waals surface area contributed by atoms with Crippen LogP contribution in [0.4, 0.5) is 0 Å². The van der Waals surface area contributed by atoms with Gasteiger partial charge in [0.2, 0.25) is 0 Å². The fourth-order valence-electron chi connectivity index (χ4n) is 2.70. The molecule has 3 aromatic rings. The SMILES string of the molecule is Oc1cc2c(cc1-c1cnco1)=NCN(Cc1ccc(Cl)cc1)C=2. The fourth-order valence-corrected chi connectivity index (χ4v) is 2.83. The van der Waals surface area contributed by atoms with E-state index < -0.39 is 0 Å². The lowest BCUT2D eigenvalue weighted by atomic mass is 10.1. The fraction of sp³-hybridized carbons (Fsp3) is 0.111. The summed E-state index contributed by atoms with van der Waals surface area (Å²) in [6.45, 7) is 1.28. The number of hydrogen-bond donors (Lipinski definition) is 1. The number of aromatic hydroxyl groups is 1. The van der Waals surface area contributed by atoms with Gasteiger partial charge in [0.1, 0.15) is 12.4 Å². The van der Waals surface area contributed by atoms with Crippen molar-refractivity contribution in [2.75, 3.05) is 6.67 Å². The number of fused-ring (bicyclic) bond motifs is 1. The Morgan fingerprint density at radius 1 is 1.21 bits per heavy atom. The Hall–Kier alpha value is -2.79. The molecule has 1 N–H and O–H groups in total. The molecule has 2 aromatic carbocycles. The van der Waals surface area contributed by atoms with Gasteiger partial charge in [-0.15, -0.1) is 0 Å². The molecule has 0 amide bonds. The molecule has 0 radical (unpaired) electrons. The van der Waals surface area contributed by atoms with E-state index in [1.807, 2.05) is 36.5 Å². The number of benzene rings is 2. The molecule has 0 spiro atoms. The monoisotopic (exact) mass is 339 g/mol. The van der Waals surface area contributed by atoms with Crippen LogP contribution in [0.15, 0.2) is 58.4 Å². The molecular weight excluding hydrogens is 326 g/mol. The van der Waals surface area contributed by atoms with Crippen molar-refractivity contribution in [3.05, 3.63) is 70.2 Å². The van der Waals surface area contributed by atoms with Crippen molar-refractivity contribution in [1.82, 2.24) is 9.88 Å². The van der Waals surface area contributed by atoms with Crippen LogP contribution in [0.2, 0.25) is 5.02 Å². The van der Waals surface area contributed by atoms with Crippen LogP contribution >= 0.6 is 11.6 Å². The first-order chi connectivity index (χ1) is 11.7. The van der Waals surface area contributed by atoms with Gasteiger partial charge in [-0.1, -0.05) is 23.7 Å². The molecule has 24 heavy (non-hydrogen) atoms. The van der Waals surface area contributed by atoms with E-state index >= 15 is 0 Å². The molecule has 1 aliphatic rings. The van der Waals surface area contributed by atoms with Crippen molar-refractivity contribution >= 4 is 17.8 Å². The van der Waals surface area contributed by atoms with Crippen molar-refractivity contribution in [2.45, 2.75) is 6.54 Å². The molecule has 4 rings (SSSR count). The van der Waals surface area contributed by atoms with Crippen LogP contribution in [0.1, 0.15) is 5.56 Å². The van der Waals surface area contributed by atoms with Crippen LogP contribution in [0.3, 0.4) is 0 Å². The number of rotatable bonds is 3. The van der Waals surface area contributed by atoms with Gasteiger partial charge in [0.05, 0.1) is 17.1 Å². The second-order valence-electron chi connectivity index (χ2n) is 5.60. The zero-order valence-electron chi connectivity index (χ0n) is 12.7. The summed E-state index contributed by atoms with van der Waals surface area (Å²) < 4.78 is 5.26. The molecule has 5 nitrogen and oxygen atoms in total. The quantitative estimate of drug-likeness (QED) is 0.796. The minimum absolute atomic E-state index is 0.144. The number of aromatic nitrogens is 1. The van der Waals surface area contributed by atoms with Gasteiger partial charge < -0.3 is 14.4 Å². The van der Waals surface area contributed by atoms with Crippen LogP contribution < -0.4 is 10.6 Å². The summed E-state index contributed by atoms with van der Waals surface area (Å²) in [6.07, 6.45) is 4.91. The third kappa shape index (κ3) is 2.86. The first-order valence-electron chi connectivity index (χ1n) is 7.46. The summed E-state index contributed by atoms with van der Waals surface area (Å²) >= 11 is 5.92. The molecule has 2 heterocycles. The molecule has 1 aliphatic heterocycles. The summed E-state index contributed by atoms with van der Waals surface area (Å²) in [4.78, 5) is 10.6. The highest BCUT2D eigenvalue weighted by Crippen LogP contribution is 2.25. The summed E-state index contributed by atoms with van der Waals surface area (Å²) in [5.41, 5.74) is 1.74. The van der Waals surface area contributed by atoms with Gasteiger partial charge in [0, 0.05) is 23.0 Å². The van der Waals surface area contributed by atoms with Gasteiger partial charge >= 0.3 is 0 Å². The van der Waals surface area contributed by atoms with Gasteiger partial charge in [0.15, 0.2) is 12.2 Å². The minimum Gasteiger partial charge on any atom is -0.507 e. The van der Waals surface area contributed by atoms with E-state index in [9.17, 15) is 5.11 Å². The first kappa shape index (κ1) is 14.8. The number of oxazole rings is 1. The lowest BCUT2D eigenvalue weighted by Gasteiger charge is -2.21. The summed E-state index contributed by atoms with van der Waals surface area (Å²) in [7, 11) is 0. The number of halogens is 1. The standard InChI is InChI=1S/C18H14ClN3O2/c19-14-3-1-12(2-4-14)8-22-9-13-5-17(23)15(6-16(13)21-10-22)18-7-20-11-24-18/h1-7,9,11,23H,8,10H2. The lowest BCUT2D eigenvalue weighted by molar-refractivity contribution is 0.406. The molecular formula is C18H14ClN3O2. The summed E-state index contributed by atoms with van der Waals surface area (Å²) in [5, 5.41) is 12.7. The van der Waals surface area contributed by atoms with E-state index in [-0.39, 0.29) is 5.75 Å². The number of phenols is 1. The van der Waals surface area contributed by atoms with E-state index in [0.717, 1.165) is 27.7 Å². The average molecular weight is 340 g/mol. The van der Waals surface area contributed by atoms with E-state index in [1.54, 1.807) is 12.3 Å². The molecule has 120 valence electrons. The lowest BCUT2D eigenvalue weighted by Crippen LogP contribution is -2.35. The summed E-state index contributed by atoms with van der Waals surface area (Å²) in [6, 6.07) is 11.3. The molecule has 1 aromatic heterocycles. The van der Waals surface area contributed by atoms with Crippen molar-refractivity contribution in [2.24, 2.45) is 4.99 Å². The maximum absolute atomic E-state index is 10.3. The normalized spacial score (nSPS) is 13.1. The predicted octanol–water partition coefficient (Wildman–Crippen LogP) is 2.53. The van der Waals surface area contributed by atoms with Crippen molar-refractivity contribution in [3.8, 4) is 17.1 Å². The molecule has 0 saturated heterocycles. The highest BCUT2D eigenvalue weighted by atomic mass is 35.5. The number of phenolic OH excluding ortho intramolecular Hbond substituents is 1. The Morgan fingerprint density at radius 2 is 2.04 bits per heavy atom. The molecule has 0 unspecified atom stereocenters. The van der Waals surface area contributed by atoms with Crippen molar-refractivity contribution < 1.29 is 9.52 Å². The molecule has 6 heteroatoms. The number of hydrogen-bond acceptors (Lipinski definition) is 5. The van der Waals surface area contributed by atoms with Crippen LogP contribution in [0, 0.1) is 0 Å². The highest BCUT2D eigenvalue weighted by Gasteiger charge is 2.11. The maximum Gasteiger partial charge on any atom is 0.181 e. The van der Waals surface area contributed by atoms with Gasteiger partial charge in [0.25, 0.3) is 0 Å². The number of nitrogens with zero attached hydrogens (tertiary/aromatic N) is 3. The highest BCUT2D eigenvalue weighted by molar-refractivity contribution is 6.30. The van der Waals surface area contributed by atoms with Crippen molar-refractivity contribution in [1.29, 1.82) is 0 Å². The van der Waals surface area contributed by atoms with Gasteiger partial charge in [-0.2, -0.15) is 0 Å². The van der Waals surface area contributed by atoms with E-state index in [2.05, 4.69) is 14.9 Å². The molecule has 0 aliphatic carbocycles. The van der Waals surface area contributed by atoms with Gasteiger partial charge in [-0.25, -0.2) is 4.98 Å². The zero-order valence-corrected chi connectivity index (χ0v) is 13.4. The van der Waals surface area contributed by atoms with E-state index in [4.69, 9.17) is 16.0 Å². The van der Waals surface area contributed by atoms with Crippen LogP contribution in [-0.2, 0) is 6.54 Å². The van der Waals surface area contributed by atoms with Gasteiger partial charge in [-0.05, 0) is 29.8 Å². The second-order valence-corrected chi connectivity index (χ2v) is 6.03. The Balaban J connectivity index is 1.66.